The molecule has 0 aromatic heterocycles. The Labute approximate surface area is 73.8 Å². The highest BCUT2D eigenvalue weighted by Crippen LogP contribution is 1.93. The molecule has 0 rings (SSSR count). The van der Waals surface area contributed by atoms with Crippen LogP contribution in [0.5, 0.6) is 0 Å². The molecule has 3 heteroatoms. The Kier molecular flexibility index (Phi) is 6.15. The molecule has 70 valence electrons. The summed E-state index contributed by atoms with van der Waals surface area (Å²) in [6.07, 6.45) is 5.25. The number of hydrogen-bond acceptors (Lipinski definition) is 3. The molecule has 0 amide bonds. The van der Waals surface area contributed by atoms with Crippen molar-refractivity contribution in [1.82, 2.24) is 5.32 Å². The molecule has 0 saturated heterocycles. The summed E-state index contributed by atoms with van der Waals surface area (Å²) in [5.41, 5.74) is 0. The van der Waals surface area contributed by atoms with E-state index in [1.54, 1.807) is 6.20 Å². The Morgan fingerprint density at radius 3 is 2.83 bits per heavy atom. The van der Waals surface area contributed by atoms with E-state index in [0.29, 0.717) is 6.04 Å². The zero-order valence-electron chi connectivity index (χ0n) is 7.96. The maximum Gasteiger partial charge on any atom is 0.331 e. The number of hydrogen-bond donors (Lipinski definition) is 1. The van der Waals surface area contributed by atoms with Gasteiger partial charge in [-0.25, -0.2) is 4.79 Å². The van der Waals surface area contributed by atoms with Crippen molar-refractivity contribution in [3.63, 3.8) is 0 Å². The van der Waals surface area contributed by atoms with Crippen LogP contribution in [0.15, 0.2) is 12.3 Å². The van der Waals surface area contributed by atoms with Crippen LogP contribution in [-0.2, 0) is 9.53 Å². The van der Waals surface area contributed by atoms with E-state index in [1.807, 2.05) is 0 Å². The number of rotatable bonds is 5. The summed E-state index contributed by atoms with van der Waals surface area (Å²) in [4.78, 5) is 10.6. The second-order valence-corrected chi connectivity index (χ2v) is 2.71. The van der Waals surface area contributed by atoms with Crippen LogP contribution >= 0.6 is 0 Å². The van der Waals surface area contributed by atoms with Gasteiger partial charge in [-0.2, -0.15) is 0 Å². The third kappa shape index (κ3) is 5.77. The molecule has 0 aromatic carbocycles. The van der Waals surface area contributed by atoms with E-state index in [-0.39, 0.29) is 5.97 Å². The van der Waals surface area contributed by atoms with Crippen molar-refractivity contribution in [3.8, 4) is 0 Å². The third-order valence-electron chi connectivity index (χ3n) is 1.52. The van der Waals surface area contributed by atoms with Gasteiger partial charge < -0.3 is 10.1 Å². The minimum absolute atomic E-state index is 0.328. The lowest BCUT2D eigenvalue weighted by molar-refractivity contribution is -0.134. The van der Waals surface area contributed by atoms with Crippen LogP contribution in [0.4, 0.5) is 0 Å². The summed E-state index contributed by atoms with van der Waals surface area (Å²) in [6, 6.07) is 0.413. The van der Waals surface area contributed by atoms with Gasteiger partial charge in [0.15, 0.2) is 0 Å². The largest absolute Gasteiger partial charge is 0.466 e. The molecule has 0 spiro atoms. The fourth-order valence-corrected chi connectivity index (χ4v) is 0.865. The van der Waals surface area contributed by atoms with Crippen LogP contribution in [0, 0.1) is 0 Å². The number of esters is 1. The number of methoxy groups -OCH3 is 1. The quantitative estimate of drug-likeness (QED) is 0.502. The lowest BCUT2D eigenvalue weighted by atomic mass is 10.2. The Hall–Kier alpha value is -0.990. The van der Waals surface area contributed by atoms with Crippen molar-refractivity contribution >= 4 is 5.97 Å². The Morgan fingerprint density at radius 2 is 2.33 bits per heavy atom. The first kappa shape index (κ1) is 11.0. The van der Waals surface area contributed by atoms with Gasteiger partial charge in [0.05, 0.1) is 7.11 Å². The average Bonchev–Trinajstić information content (AvgIpc) is 2.04. The molecule has 0 bridgehead atoms. The molecule has 0 fully saturated rings. The van der Waals surface area contributed by atoms with E-state index >= 15 is 0 Å². The standard InChI is InChI=1S/C9H17NO2/c1-4-5-8(2)10-7-6-9(11)12-3/h6-8,10H,4-5H2,1-3H3/b7-6+. The van der Waals surface area contributed by atoms with Gasteiger partial charge in [-0.05, 0) is 13.3 Å². The summed E-state index contributed by atoms with van der Waals surface area (Å²) in [5.74, 6) is -0.328. The second kappa shape index (κ2) is 6.70. The lowest BCUT2D eigenvalue weighted by Gasteiger charge is -2.08. The van der Waals surface area contributed by atoms with E-state index in [9.17, 15) is 4.79 Å². The molecule has 1 atom stereocenters. The highest BCUT2D eigenvalue weighted by Gasteiger charge is 1.95. The predicted octanol–water partition coefficient (Wildman–Crippen LogP) is 1.45. The van der Waals surface area contributed by atoms with Gasteiger partial charge >= 0.3 is 5.97 Å². The molecule has 12 heavy (non-hydrogen) atoms. The van der Waals surface area contributed by atoms with Crippen molar-refractivity contribution in [2.75, 3.05) is 7.11 Å². The topological polar surface area (TPSA) is 38.3 Å². The van der Waals surface area contributed by atoms with Gasteiger partial charge in [0.25, 0.3) is 0 Å². The summed E-state index contributed by atoms with van der Waals surface area (Å²) in [5, 5.41) is 3.07. The van der Waals surface area contributed by atoms with Crippen LogP contribution in [0.1, 0.15) is 26.7 Å². The van der Waals surface area contributed by atoms with Crippen molar-refractivity contribution in [2.24, 2.45) is 0 Å². The van der Waals surface area contributed by atoms with Gasteiger partial charge in [0, 0.05) is 18.3 Å². The van der Waals surface area contributed by atoms with E-state index in [4.69, 9.17) is 0 Å². The van der Waals surface area contributed by atoms with Gasteiger partial charge in [-0.15, -0.1) is 0 Å². The van der Waals surface area contributed by atoms with Crippen LogP contribution < -0.4 is 5.32 Å². The maximum absolute atomic E-state index is 10.6. The van der Waals surface area contributed by atoms with Crippen molar-refractivity contribution in [3.05, 3.63) is 12.3 Å². The number of nitrogens with one attached hydrogen (secondary N) is 1. The Morgan fingerprint density at radius 1 is 1.67 bits per heavy atom. The Bertz CT molecular complexity index is 155. The molecule has 0 saturated carbocycles. The molecule has 3 nitrogen and oxygen atoms in total. The summed E-state index contributed by atoms with van der Waals surface area (Å²) < 4.78 is 4.43. The highest BCUT2D eigenvalue weighted by molar-refractivity contribution is 5.81. The van der Waals surface area contributed by atoms with Crippen LogP contribution in [-0.4, -0.2) is 19.1 Å². The smallest absolute Gasteiger partial charge is 0.331 e. The van der Waals surface area contributed by atoms with Crippen molar-refractivity contribution < 1.29 is 9.53 Å². The minimum Gasteiger partial charge on any atom is -0.466 e. The molecule has 0 aliphatic carbocycles. The van der Waals surface area contributed by atoms with Crippen LogP contribution in [0.25, 0.3) is 0 Å². The monoisotopic (exact) mass is 171 g/mol. The first-order valence-corrected chi connectivity index (χ1v) is 4.21. The van der Waals surface area contributed by atoms with Crippen molar-refractivity contribution in [2.45, 2.75) is 32.7 Å². The fourth-order valence-electron chi connectivity index (χ4n) is 0.865. The van der Waals surface area contributed by atoms with E-state index < -0.39 is 0 Å². The summed E-state index contributed by atoms with van der Waals surface area (Å²) >= 11 is 0. The summed E-state index contributed by atoms with van der Waals surface area (Å²) in [7, 11) is 1.36. The fraction of sp³-hybridized carbons (Fsp3) is 0.667. The van der Waals surface area contributed by atoms with E-state index in [1.165, 1.54) is 13.2 Å². The molecular weight excluding hydrogens is 154 g/mol. The molecular formula is C9H17NO2. The Balaban J connectivity index is 3.52. The maximum atomic E-state index is 10.6. The molecule has 0 radical (unpaired) electrons. The highest BCUT2D eigenvalue weighted by atomic mass is 16.5. The number of ether oxygens (including phenoxy) is 1. The van der Waals surface area contributed by atoms with Gasteiger partial charge in [-0.3, -0.25) is 0 Å². The van der Waals surface area contributed by atoms with Crippen molar-refractivity contribution in [1.29, 1.82) is 0 Å². The molecule has 0 heterocycles. The predicted molar refractivity (Wildman–Crippen MR) is 48.7 cm³/mol. The van der Waals surface area contributed by atoms with E-state index in [0.717, 1.165) is 12.8 Å². The van der Waals surface area contributed by atoms with Gasteiger partial charge in [-0.1, -0.05) is 13.3 Å². The lowest BCUT2D eigenvalue weighted by Crippen LogP contribution is -2.20. The molecule has 1 unspecified atom stereocenters. The van der Waals surface area contributed by atoms with Gasteiger partial charge in [0.1, 0.15) is 0 Å². The van der Waals surface area contributed by atoms with E-state index in [2.05, 4.69) is 23.9 Å². The molecule has 0 aliphatic rings. The second-order valence-electron chi connectivity index (χ2n) is 2.71. The molecule has 0 aromatic rings. The zero-order chi connectivity index (χ0) is 9.40. The molecule has 1 N–H and O–H groups in total. The normalized spacial score (nSPS) is 12.9. The molecule has 0 aliphatic heterocycles. The van der Waals surface area contributed by atoms with Crippen LogP contribution in [0.3, 0.4) is 0 Å². The third-order valence-corrected chi connectivity index (χ3v) is 1.52. The zero-order valence-corrected chi connectivity index (χ0v) is 7.96. The first-order valence-electron chi connectivity index (χ1n) is 4.21. The minimum atomic E-state index is -0.328. The first-order chi connectivity index (χ1) is 5.70. The van der Waals surface area contributed by atoms with Crippen LogP contribution in [0.2, 0.25) is 0 Å². The summed E-state index contributed by atoms with van der Waals surface area (Å²) in [6.45, 7) is 4.20. The number of carbonyl (C=O) groups excluding carboxylic acids is 1. The average molecular weight is 171 g/mol. The SMILES string of the molecule is CCCC(C)N/C=C/C(=O)OC. The number of carbonyl (C=O) groups is 1. The van der Waals surface area contributed by atoms with Gasteiger partial charge in [0.2, 0.25) is 0 Å².